The van der Waals surface area contributed by atoms with E-state index in [1.807, 2.05) is 12.2 Å². The molecule has 1 amide bonds. The van der Waals surface area contributed by atoms with Gasteiger partial charge in [0.05, 0.1) is 11.8 Å². The van der Waals surface area contributed by atoms with E-state index < -0.39 is 11.9 Å². The second-order valence-electron chi connectivity index (χ2n) is 7.07. The van der Waals surface area contributed by atoms with Gasteiger partial charge in [-0.1, -0.05) is 31.9 Å². The molecular formula is C16H23NO3. The molecule has 20 heavy (non-hydrogen) atoms. The smallest absolute Gasteiger partial charge is 0.307 e. The third kappa shape index (κ3) is 2.25. The van der Waals surface area contributed by atoms with E-state index >= 15 is 0 Å². The van der Waals surface area contributed by atoms with Gasteiger partial charge < -0.3 is 10.4 Å². The number of carbonyl (C=O) groups excluding carboxylic acids is 1. The number of hydrogen-bond donors (Lipinski definition) is 2. The first-order valence-electron chi connectivity index (χ1n) is 7.69. The van der Waals surface area contributed by atoms with Crippen molar-refractivity contribution in [3.8, 4) is 0 Å². The molecule has 0 aliphatic heterocycles. The van der Waals surface area contributed by atoms with E-state index in [1.54, 1.807) is 0 Å². The lowest BCUT2D eigenvalue weighted by molar-refractivity contribution is -0.147. The standard InChI is InChI=1S/C16H23NO3/c1-16(6-2-3-7-16)9-17-14(18)12-10-4-5-11(8-10)13(12)15(19)20/h4-5,10-13H,2-3,6-9H2,1H3,(H,17,18)(H,19,20). The molecule has 2 saturated carbocycles. The van der Waals surface area contributed by atoms with Crippen LogP contribution in [0.4, 0.5) is 0 Å². The van der Waals surface area contributed by atoms with Crippen molar-refractivity contribution < 1.29 is 14.7 Å². The van der Waals surface area contributed by atoms with Gasteiger partial charge in [-0.15, -0.1) is 0 Å². The molecule has 4 atom stereocenters. The molecule has 0 radical (unpaired) electrons. The fourth-order valence-electron chi connectivity index (χ4n) is 4.34. The highest BCUT2D eigenvalue weighted by Gasteiger charge is 2.51. The number of allylic oxidation sites excluding steroid dienone is 2. The van der Waals surface area contributed by atoms with Crippen LogP contribution in [-0.2, 0) is 9.59 Å². The fraction of sp³-hybridized carbons (Fsp3) is 0.750. The Balaban J connectivity index is 1.64. The van der Waals surface area contributed by atoms with Gasteiger partial charge in [-0.05, 0) is 36.5 Å². The lowest BCUT2D eigenvalue weighted by Gasteiger charge is -2.28. The Kier molecular flexibility index (Phi) is 3.35. The Morgan fingerprint density at radius 1 is 1.20 bits per heavy atom. The van der Waals surface area contributed by atoms with Crippen LogP contribution < -0.4 is 5.32 Å². The average molecular weight is 277 g/mol. The van der Waals surface area contributed by atoms with Gasteiger partial charge in [0.15, 0.2) is 0 Å². The van der Waals surface area contributed by atoms with Crippen molar-refractivity contribution in [2.24, 2.45) is 29.1 Å². The number of carboxylic acid groups (broad SMARTS) is 1. The molecule has 0 spiro atoms. The minimum atomic E-state index is -0.825. The van der Waals surface area contributed by atoms with Gasteiger partial charge in [0.2, 0.25) is 5.91 Å². The molecule has 3 rings (SSSR count). The number of hydrogen-bond acceptors (Lipinski definition) is 2. The van der Waals surface area contributed by atoms with Gasteiger partial charge in [0.25, 0.3) is 0 Å². The van der Waals surface area contributed by atoms with Crippen molar-refractivity contribution in [1.82, 2.24) is 5.32 Å². The Morgan fingerprint density at radius 3 is 2.40 bits per heavy atom. The Morgan fingerprint density at radius 2 is 1.80 bits per heavy atom. The molecule has 0 aromatic carbocycles. The maximum atomic E-state index is 12.4. The highest BCUT2D eigenvalue weighted by atomic mass is 16.4. The number of nitrogens with one attached hydrogen (secondary N) is 1. The average Bonchev–Trinajstić information content (AvgIpc) is 3.10. The van der Waals surface area contributed by atoms with E-state index in [4.69, 9.17) is 0 Å². The molecule has 3 aliphatic rings. The van der Waals surface area contributed by atoms with Crippen molar-refractivity contribution in [3.05, 3.63) is 12.2 Å². The zero-order chi connectivity index (χ0) is 14.3. The first-order valence-corrected chi connectivity index (χ1v) is 7.69. The second-order valence-corrected chi connectivity index (χ2v) is 7.07. The SMILES string of the molecule is CC1(CNC(=O)C2C3C=CC(C3)C2C(=O)O)CCCC1. The molecule has 0 saturated heterocycles. The van der Waals surface area contributed by atoms with Gasteiger partial charge in [0.1, 0.15) is 0 Å². The molecular weight excluding hydrogens is 254 g/mol. The lowest BCUT2D eigenvalue weighted by Crippen LogP contribution is -2.43. The summed E-state index contributed by atoms with van der Waals surface area (Å²) in [5.74, 6) is -1.60. The molecule has 3 aliphatic carbocycles. The number of rotatable bonds is 4. The zero-order valence-corrected chi connectivity index (χ0v) is 12.0. The normalized spacial score (nSPS) is 37.2. The topological polar surface area (TPSA) is 66.4 Å². The van der Waals surface area contributed by atoms with Gasteiger partial charge in [-0.25, -0.2) is 0 Å². The van der Waals surface area contributed by atoms with Crippen LogP contribution in [0.25, 0.3) is 0 Å². The molecule has 0 heterocycles. The summed E-state index contributed by atoms with van der Waals surface area (Å²) in [5.41, 5.74) is 0.210. The molecule has 2 bridgehead atoms. The van der Waals surface area contributed by atoms with Gasteiger partial charge >= 0.3 is 5.97 Å². The van der Waals surface area contributed by atoms with E-state index in [9.17, 15) is 14.7 Å². The predicted octanol–water partition coefficient (Wildman–Crippen LogP) is 2.21. The predicted molar refractivity (Wildman–Crippen MR) is 74.9 cm³/mol. The Labute approximate surface area is 119 Å². The number of carbonyl (C=O) groups is 2. The van der Waals surface area contributed by atoms with Crippen molar-refractivity contribution >= 4 is 11.9 Å². The van der Waals surface area contributed by atoms with Crippen LogP contribution in [0.1, 0.15) is 39.0 Å². The summed E-state index contributed by atoms with van der Waals surface area (Å²) in [5, 5.41) is 12.4. The minimum absolute atomic E-state index is 0.0512. The summed E-state index contributed by atoms with van der Waals surface area (Å²) >= 11 is 0. The van der Waals surface area contributed by atoms with E-state index in [1.165, 1.54) is 12.8 Å². The number of fused-ring (bicyclic) bond motifs is 2. The summed E-state index contributed by atoms with van der Waals surface area (Å²) in [6.45, 7) is 2.91. The molecule has 0 aromatic heterocycles. The largest absolute Gasteiger partial charge is 0.481 e. The fourth-order valence-corrected chi connectivity index (χ4v) is 4.34. The van der Waals surface area contributed by atoms with E-state index in [2.05, 4.69) is 12.2 Å². The van der Waals surface area contributed by atoms with E-state index in [0.29, 0.717) is 6.54 Å². The molecule has 0 aromatic rings. The van der Waals surface area contributed by atoms with E-state index in [0.717, 1.165) is 19.3 Å². The third-order valence-electron chi connectivity index (χ3n) is 5.55. The molecule has 4 heteroatoms. The summed E-state index contributed by atoms with van der Waals surface area (Å²) in [7, 11) is 0. The first kappa shape index (κ1) is 13.7. The summed E-state index contributed by atoms with van der Waals surface area (Å²) in [4.78, 5) is 23.9. The molecule has 2 fully saturated rings. The van der Waals surface area contributed by atoms with Crippen molar-refractivity contribution in [3.63, 3.8) is 0 Å². The number of amides is 1. The van der Waals surface area contributed by atoms with Crippen LogP contribution in [-0.4, -0.2) is 23.5 Å². The Bertz CT molecular complexity index is 451. The van der Waals surface area contributed by atoms with Crippen LogP contribution in [0, 0.1) is 29.1 Å². The maximum Gasteiger partial charge on any atom is 0.307 e. The van der Waals surface area contributed by atoms with Gasteiger partial charge in [-0.2, -0.15) is 0 Å². The van der Waals surface area contributed by atoms with Crippen molar-refractivity contribution in [2.45, 2.75) is 39.0 Å². The van der Waals surface area contributed by atoms with Crippen LogP contribution in [0.15, 0.2) is 12.2 Å². The molecule has 4 nitrogen and oxygen atoms in total. The molecule has 4 unspecified atom stereocenters. The monoisotopic (exact) mass is 277 g/mol. The van der Waals surface area contributed by atoms with Crippen LogP contribution in [0.2, 0.25) is 0 Å². The second kappa shape index (κ2) is 4.90. The van der Waals surface area contributed by atoms with Crippen molar-refractivity contribution in [1.29, 1.82) is 0 Å². The van der Waals surface area contributed by atoms with Gasteiger partial charge in [0, 0.05) is 6.54 Å². The quantitative estimate of drug-likeness (QED) is 0.774. The molecule has 2 N–H and O–H groups in total. The highest BCUT2D eigenvalue weighted by Crippen LogP contribution is 2.48. The van der Waals surface area contributed by atoms with Crippen LogP contribution >= 0.6 is 0 Å². The minimum Gasteiger partial charge on any atom is -0.481 e. The highest BCUT2D eigenvalue weighted by molar-refractivity contribution is 5.86. The number of carboxylic acids is 1. The van der Waals surface area contributed by atoms with Crippen molar-refractivity contribution in [2.75, 3.05) is 6.54 Å². The van der Waals surface area contributed by atoms with Gasteiger partial charge in [-0.3, -0.25) is 9.59 Å². The zero-order valence-electron chi connectivity index (χ0n) is 12.0. The van der Waals surface area contributed by atoms with Crippen LogP contribution in [0.3, 0.4) is 0 Å². The first-order chi connectivity index (χ1) is 9.50. The maximum absolute atomic E-state index is 12.4. The summed E-state index contributed by atoms with van der Waals surface area (Å²) < 4.78 is 0. The number of aliphatic carboxylic acids is 1. The molecule has 110 valence electrons. The summed E-state index contributed by atoms with van der Waals surface area (Å²) in [6, 6.07) is 0. The van der Waals surface area contributed by atoms with Crippen LogP contribution in [0.5, 0.6) is 0 Å². The third-order valence-corrected chi connectivity index (χ3v) is 5.55. The lowest BCUT2D eigenvalue weighted by atomic mass is 9.82. The summed E-state index contributed by atoms with van der Waals surface area (Å²) in [6.07, 6.45) is 9.63. The Hall–Kier alpha value is -1.32. The van der Waals surface area contributed by atoms with E-state index in [-0.39, 0.29) is 29.1 Å².